The monoisotopic (exact) mass is 233 g/mol. The minimum Gasteiger partial charge on any atom is -0.331 e. The number of Topliss-reactive ketones (excluding diaryl/α,β-unsaturated/α-hetero) is 1. The number of aryl methyl sites for hydroxylation is 2. The zero-order chi connectivity index (χ0) is 12.4. The maximum Gasteiger partial charge on any atom is 0.226 e. The van der Waals surface area contributed by atoms with Crippen LogP contribution in [-0.2, 0) is 4.79 Å². The van der Waals surface area contributed by atoms with Gasteiger partial charge in [-0.25, -0.2) is 9.97 Å². The fraction of sp³-hybridized carbons (Fsp3) is 0.615. The summed E-state index contributed by atoms with van der Waals surface area (Å²) in [6.07, 6.45) is 3.15. The van der Waals surface area contributed by atoms with Gasteiger partial charge in [-0.3, -0.25) is 4.79 Å². The molecule has 92 valence electrons. The van der Waals surface area contributed by atoms with Crippen LogP contribution >= 0.6 is 0 Å². The molecule has 1 aliphatic heterocycles. The zero-order valence-electron chi connectivity index (χ0n) is 10.7. The molecule has 0 N–H and O–H groups in total. The molecular formula is C13H19N3O. The molecule has 1 fully saturated rings. The van der Waals surface area contributed by atoms with E-state index in [-0.39, 0.29) is 11.8 Å². The SMILES string of the molecule is CC(=O)C1CCCCN1c1nc(C)cc(C)n1. The molecule has 1 aromatic heterocycles. The number of hydrogen-bond acceptors (Lipinski definition) is 4. The number of ketones is 1. The largest absolute Gasteiger partial charge is 0.331 e. The Bertz CT molecular complexity index is 410. The van der Waals surface area contributed by atoms with Crippen molar-refractivity contribution in [3.05, 3.63) is 17.5 Å². The number of carbonyl (C=O) groups excluding carboxylic acids is 1. The van der Waals surface area contributed by atoms with Gasteiger partial charge in [0.2, 0.25) is 5.95 Å². The first-order valence-electron chi connectivity index (χ1n) is 6.17. The molecular weight excluding hydrogens is 214 g/mol. The van der Waals surface area contributed by atoms with Crippen LogP contribution in [0.4, 0.5) is 5.95 Å². The number of nitrogens with zero attached hydrogens (tertiary/aromatic N) is 3. The van der Waals surface area contributed by atoms with Crippen molar-refractivity contribution in [3.63, 3.8) is 0 Å². The van der Waals surface area contributed by atoms with Gasteiger partial charge in [-0.1, -0.05) is 0 Å². The summed E-state index contributed by atoms with van der Waals surface area (Å²) in [5.41, 5.74) is 1.92. The summed E-state index contributed by atoms with van der Waals surface area (Å²) in [6.45, 7) is 6.47. The zero-order valence-corrected chi connectivity index (χ0v) is 10.7. The third-order valence-corrected chi connectivity index (χ3v) is 3.20. The van der Waals surface area contributed by atoms with E-state index in [0.717, 1.165) is 37.2 Å². The number of carbonyl (C=O) groups is 1. The summed E-state index contributed by atoms with van der Waals surface area (Å²) in [4.78, 5) is 22.6. The highest BCUT2D eigenvalue weighted by Gasteiger charge is 2.27. The van der Waals surface area contributed by atoms with Crippen molar-refractivity contribution in [3.8, 4) is 0 Å². The molecule has 1 saturated heterocycles. The fourth-order valence-electron chi connectivity index (χ4n) is 2.43. The maximum absolute atomic E-state index is 11.7. The Morgan fingerprint density at radius 2 is 1.94 bits per heavy atom. The van der Waals surface area contributed by atoms with Gasteiger partial charge in [0, 0.05) is 17.9 Å². The molecule has 2 rings (SSSR count). The van der Waals surface area contributed by atoms with Crippen molar-refractivity contribution in [2.45, 2.75) is 46.1 Å². The summed E-state index contributed by atoms with van der Waals surface area (Å²) >= 11 is 0. The van der Waals surface area contributed by atoms with Crippen LogP contribution in [0.2, 0.25) is 0 Å². The summed E-state index contributed by atoms with van der Waals surface area (Å²) in [6, 6.07) is 1.92. The predicted octanol–water partition coefficient (Wildman–Crippen LogP) is 2.04. The molecule has 1 atom stereocenters. The van der Waals surface area contributed by atoms with Crippen LogP contribution in [-0.4, -0.2) is 28.3 Å². The molecule has 0 aromatic carbocycles. The quantitative estimate of drug-likeness (QED) is 0.784. The van der Waals surface area contributed by atoms with Crippen LogP contribution in [0.5, 0.6) is 0 Å². The van der Waals surface area contributed by atoms with E-state index < -0.39 is 0 Å². The Morgan fingerprint density at radius 1 is 1.29 bits per heavy atom. The first kappa shape index (κ1) is 12.0. The molecule has 2 heterocycles. The van der Waals surface area contributed by atoms with E-state index >= 15 is 0 Å². The lowest BCUT2D eigenvalue weighted by Gasteiger charge is -2.34. The van der Waals surface area contributed by atoms with Gasteiger partial charge in [-0.15, -0.1) is 0 Å². The van der Waals surface area contributed by atoms with Gasteiger partial charge in [0.1, 0.15) is 0 Å². The number of hydrogen-bond donors (Lipinski definition) is 0. The van der Waals surface area contributed by atoms with Crippen molar-refractivity contribution in [2.24, 2.45) is 0 Å². The Hall–Kier alpha value is -1.45. The fourth-order valence-corrected chi connectivity index (χ4v) is 2.43. The third kappa shape index (κ3) is 2.62. The smallest absolute Gasteiger partial charge is 0.226 e. The Kier molecular flexibility index (Phi) is 3.41. The summed E-state index contributed by atoms with van der Waals surface area (Å²) < 4.78 is 0. The molecule has 0 radical (unpaired) electrons. The molecule has 17 heavy (non-hydrogen) atoms. The molecule has 1 unspecified atom stereocenters. The highest BCUT2D eigenvalue weighted by atomic mass is 16.1. The van der Waals surface area contributed by atoms with E-state index in [9.17, 15) is 4.79 Å². The maximum atomic E-state index is 11.7. The van der Waals surface area contributed by atoms with Crippen LogP contribution in [0.25, 0.3) is 0 Å². The third-order valence-electron chi connectivity index (χ3n) is 3.20. The number of rotatable bonds is 2. The minimum absolute atomic E-state index is 0.0371. The first-order chi connectivity index (χ1) is 8.08. The Morgan fingerprint density at radius 3 is 2.53 bits per heavy atom. The van der Waals surface area contributed by atoms with Crippen LogP contribution in [0.3, 0.4) is 0 Å². The Balaban J connectivity index is 2.32. The highest BCUT2D eigenvalue weighted by Crippen LogP contribution is 2.22. The van der Waals surface area contributed by atoms with E-state index in [0.29, 0.717) is 5.95 Å². The topological polar surface area (TPSA) is 46.1 Å². The van der Waals surface area contributed by atoms with Gasteiger partial charge in [0.15, 0.2) is 5.78 Å². The van der Waals surface area contributed by atoms with Gasteiger partial charge < -0.3 is 4.90 Å². The first-order valence-corrected chi connectivity index (χ1v) is 6.17. The summed E-state index contributed by atoms with van der Waals surface area (Å²) in [7, 11) is 0. The standard InChI is InChI=1S/C13H19N3O/c1-9-8-10(2)15-13(14-9)16-7-5-4-6-12(16)11(3)17/h8,12H,4-7H2,1-3H3. The molecule has 4 heteroatoms. The molecule has 1 aromatic rings. The van der Waals surface area contributed by atoms with Crippen LogP contribution in [0.1, 0.15) is 37.6 Å². The van der Waals surface area contributed by atoms with Gasteiger partial charge in [0.25, 0.3) is 0 Å². The summed E-state index contributed by atoms with van der Waals surface area (Å²) in [5.74, 6) is 0.926. The second kappa shape index (κ2) is 4.82. The van der Waals surface area contributed by atoms with Crippen molar-refractivity contribution >= 4 is 11.7 Å². The molecule has 1 aliphatic rings. The van der Waals surface area contributed by atoms with Crippen LogP contribution < -0.4 is 4.90 Å². The Labute approximate surface area is 102 Å². The predicted molar refractivity (Wildman–Crippen MR) is 67.2 cm³/mol. The number of piperidine rings is 1. The second-order valence-electron chi connectivity index (χ2n) is 4.77. The van der Waals surface area contributed by atoms with Crippen molar-refractivity contribution < 1.29 is 4.79 Å². The lowest BCUT2D eigenvalue weighted by atomic mass is 10.00. The van der Waals surface area contributed by atoms with Crippen LogP contribution in [0, 0.1) is 13.8 Å². The minimum atomic E-state index is -0.0371. The number of anilines is 1. The lowest BCUT2D eigenvalue weighted by Crippen LogP contribution is -2.44. The van der Waals surface area contributed by atoms with E-state index in [1.54, 1.807) is 6.92 Å². The molecule has 0 saturated carbocycles. The van der Waals surface area contributed by atoms with Gasteiger partial charge >= 0.3 is 0 Å². The van der Waals surface area contributed by atoms with E-state index in [2.05, 4.69) is 14.9 Å². The molecule has 0 amide bonds. The lowest BCUT2D eigenvalue weighted by molar-refractivity contribution is -0.118. The van der Waals surface area contributed by atoms with Crippen molar-refractivity contribution in [1.82, 2.24) is 9.97 Å². The molecule has 0 aliphatic carbocycles. The highest BCUT2D eigenvalue weighted by molar-refractivity contribution is 5.84. The molecule has 0 bridgehead atoms. The van der Waals surface area contributed by atoms with Gasteiger partial charge in [-0.2, -0.15) is 0 Å². The van der Waals surface area contributed by atoms with Crippen molar-refractivity contribution in [1.29, 1.82) is 0 Å². The normalized spacial score (nSPS) is 20.4. The number of aromatic nitrogens is 2. The van der Waals surface area contributed by atoms with E-state index in [1.807, 2.05) is 19.9 Å². The van der Waals surface area contributed by atoms with Crippen LogP contribution in [0.15, 0.2) is 6.07 Å². The van der Waals surface area contributed by atoms with Gasteiger partial charge in [0.05, 0.1) is 6.04 Å². The molecule has 4 nitrogen and oxygen atoms in total. The van der Waals surface area contributed by atoms with Gasteiger partial charge in [-0.05, 0) is 46.1 Å². The second-order valence-corrected chi connectivity index (χ2v) is 4.77. The average molecular weight is 233 g/mol. The van der Waals surface area contributed by atoms with E-state index in [4.69, 9.17) is 0 Å². The van der Waals surface area contributed by atoms with Crippen molar-refractivity contribution in [2.75, 3.05) is 11.4 Å². The van der Waals surface area contributed by atoms with E-state index in [1.165, 1.54) is 0 Å². The average Bonchev–Trinajstić information content (AvgIpc) is 2.27. The summed E-state index contributed by atoms with van der Waals surface area (Å²) in [5, 5.41) is 0. The molecule has 0 spiro atoms.